The van der Waals surface area contributed by atoms with Crippen LogP contribution in [0.1, 0.15) is 16.9 Å². The van der Waals surface area contributed by atoms with Crippen molar-refractivity contribution in [2.45, 2.75) is 6.42 Å². The molecule has 0 atom stereocenters. The van der Waals surface area contributed by atoms with Gasteiger partial charge in [0.05, 0.1) is 6.61 Å². The number of nitrogens with two attached hydrogens (primary N) is 1. The van der Waals surface area contributed by atoms with E-state index in [1.54, 1.807) is 11.8 Å². The van der Waals surface area contributed by atoms with Gasteiger partial charge in [-0.05, 0) is 12.2 Å². The van der Waals surface area contributed by atoms with E-state index in [9.17, 15) is 14.4 Å². The Hall–Kier alpha value is -2.18. The highest BCUT2D eigenvalue weighted by molar-refractivity contribution is 7.99. The normalized spacial score (nSPS) is 10.3. The van der Waals surface area contributed by atoms with Gasteiger partial charge in [0.1, 0.15) is 6.33 Å². The number of thioether (sulfide) groups is 1. The van der Waals surface area contributed by atoms with Crippen LogP contribution in [0.15, 0.2) is 11.1 Å². The van der Waals surface area contributed by atoms with E-state index in [-0.39, 0.29) is 30.4 Å². The zero-order valence-corrected chi connectivity index (χ0v) is 15.0. The minimum atomic E-state index is -0.887. The molecule has 2 heterocycles. The maximum Gasteiger partial charge on any atom is 0.414 e. The molecule has 0 aliphatic carbocycles. The van der Waals surface area contributed by atoms with Crippen molar-refractivity contribution in [3.8, 4) is 0 Å². The van der Waals surface area contributed by atoms with E-state index >= 15 is 0 Å². The fraction of sp³-hybridized carbons (Fsp3) is 0.500. The van der Waals surface area contributed by atoms with Crippen LogP contribution in [0.3, 0.4) is 0 Å². The molecule has 2 aromatic heterocycles. The topological polar surface area (TPSA) is 146 Å². The summed E-state index contributed by atoms with van der Waals surface area (Å²) in [7, 11) is 1.41. The average Bonchev–Trinajstić information content (AvgIpc) is 2.99. The van der Waals surface area contributed by atoms with Crippen molar-refractivity contribution in [3.63, 3.8) is 0 Å². The highest BCUT2D eigenvalue weighted by Crippen LogP contribution is 2.03. The molecule has 13 heteroatoms. The average molecular weight is 392 g/mol. The molecule has 0 radical (unpaired) electrons. The van der Waals surface area contributed by atoms with E-state index in [1.165, 1.54) is 7.05 Å². The molecule has 2 aromatic rings. The van der Waals surface area contributed by atoms with Crippen LogP contribution >= 0.6 is 24.2 Å². The van der Waals surface area contributed by atoms with Gasteiger partial charge in [-0.3, -0.25) is 10.1 Å². The number of fused-ring (bicyclic) bond motifs is 1. The van der Waals surface area contributed by atoms with E-state index in [0.717, 1.165) is 26.9 Å². The zero-order valence-electron chi connectivity index (χ0n) is 13.4. The van der Waals surface area contributed by atoms with Crippen LogP contribution in [0, 0.1) is 0 Å². The molecular weight excluding hydrogens is 374 g/mol. The number of amides is 2. The number of rotatable bonds is 7. The fourth-order valence-electron chi connectivity index (χ4n) is 1.74. The van der Waals surface area contributed by atoms with Crippen molar-refractivity contribution in [2.75, 3.05) is 24.7 Å². The number of nitrogens with one attached hydrogen (secondary N) is 1. The van der Waals surface area contributed by atoms with E-state index < -0.39 is 17.7 Å². The van der Waals surface area contributed by atoms with Gasteiger partial charge in [0, 0.05) is 19.3 Å². The fourth-order valence-corrected chi connectivity index (χ4v) is 2.43. The van der Waals surface area contributed by atoms with E-state index in [1.807, 2.05) is 5.32 Å². The number of imidazole rings is 1. The summed E-state index contributed by atoms with van der Waals surface area (Å²) in [6.45, 7) is 0.784. The Labute approximate surface area is 152 Å². The number of nitrogens with zero attached hydrogens (tertiary/aromatic N) is 5. The number of imide groups is 1. The van der Waals surface area contributed by atoms with Gasteiger partial charge in [0.15, 0.2) is 11.3 Å². The molecule has 11 nitrogen and oxygen atoms in total. The largest absolute Gasteiger partial charge is 0.449 e. The van der Waals surface area contributed by atoms with Gasteiger partial charge in [-0.15, -0.1) is 17.5 Å². The molecule has 3 N–H and O–H groups in total. The maximum atomic E-state index is 12.0. The van der Waals surface area contributed by atoms with Crippen molar-refractivity contribution in [3.05, 3.63) is 22.5 Å². The van der Waals surface area contributed by atoms with Crippen LogP contribution in [0.4, 0.5) is 4.79 Å². The summed E-state index contributed by atoms with van der Waals surface area (Å²) >= 11 is 1.66. The van der Waals surface area contributed by atoms with Crippen molar-refractivity contribution in [2.24, 2.45) is 12.8 Å². The summed E-state index contributed by atoms with van der Waals surface area (Å²) in [6.07, 6.45) is 0.907. The lowest BCUT2D eigenvalue weighted by molar-refractivity contribution is 0.0917. The second kappa shape index (κ2) is 9.96. The molecule has 138 valence electrons. The molecule has 0 bridgehead atoms. The molecule has 0 fully saturated rings. The van der Waals surface area contributed by atoms with Gasteiger partial charge < -0.3 is 10.5 Å². The number of carbonyl (C=O) groups excluding carboxylic acids is 2. The van der Waals surface area contributed by atoms with Crippen molar-refractivity contribution in [1.29, 1.82) is 0 Å². The summed E-state index contributed by atoms with van der Waals surface area (Å²) in [6, 6.07) is 0. The lowest BCUT2D eigenvalue weighted by Crippen LogP contribution is -2.32. The summed E-state index contributed by atoms with van der Waals surface area (Å²) in [5, 5.41) is 9.32. The Morgan fingerprint density at radius 1 is 1.40 bits per heavy atom. The van der Waals surface area contributed by atoms with Gasteiger partial charge in [-0.25, -0.2) is 19.0 Å². The van der Waals surface area contributed by atoms with E-state index in [0.29, 0.717) is 13.0 Å². The third kappa shape index (κ3) is 5.41. The van der Waals surface area contributed by atoms with Crippen LogP contribution in [-0.2, 0) is 11.8 Å². The molecule has 0 aliphatic heterocycles. The predicted molar refractivity (Wildman–Crippen MR) is 93.1 cm³/mol. The molecular formula is C12H18ClN7O4S. The van der Waals surface area contributed by atoms with Gasteiger partial charge >= 0.3 is 11.8 Å². The lowest BCUT2D eigenvalue weighted by Gasteiger charge is -2.05. The molecule has 2 amide bonds. The summed E-state index contributed by atoms with van der Waals surface area (Å²) < 4.78 is 6.94. The molecule has 0 saturated carbocycles. The molecule has 0 aliphatic rings. The Morgan fingerprint density at radius 2 is 2.16 bits per heavy atom. The number of hydrogen-bond donors (Lipinski definition) is 2. The smallest absolute Gasteiger partial charge is 0.414 e. The van der Waals surface area contributed by atoms with Crippen LogP contribution in [0.5, 0.6) is 0 Å². The highest BCUT2D eigenvalue weighted by atomic mass is 35.5. The van der Waals surface area contributed by atoms with Gasteiger partial charge in [0.25, 0.3) is 5.91 Å². The molecule has 25 heavy (non-hydrogen) atoms. The number of carbonyl (C=O) groups is 2. The monoisotopic (exact) mass is 391 g/mol. The molecule has 0 unspecified atom stereocenters. The van der Waals surface area contributed by atoms with Gasteiger partial charge in [-0.2, -0.15) is 16.4 Å². The summed E-state index contributed by atoms with van der Waals surface area (Å²) in [5.74, 6) is 0.837. The molecule has 2 rings (SSSR count). The first-order valence-corrected chi connectivity index (χ1v) is 8.23. The first-order valence-electron chi connectivity index (χ1n) is 7.07. The van der Waals surface area contributed by atoms with Crippen LogP contribution < -0.4 is 16.7 Å². The number of ether oxygens (including phenoxy) is 1. The minimum Gasteiger partial charge on any atom is -0.449 e. The second-order valence-electron chi connectivity index (χ2n) is 4.63. The van der Waals surface area contributed by atoms with E-state index in [4.69, 9.17) is 10.5 Å². The summed E-state index contributed by atoms with van der Waals surface area (Å²) in [4.78, 5) is 39.2. The second-order valence-corrected chi connectivity index (χ2v) is 5.85. The van der Waals surface area contributed by atoms with Crippen molar-refractivity contribution in [1.82, 2.24) is 29.7 Å². The molecule has 0 aromatic carbocycles. The number of halogens is 1. The Balaban J connectivity index is 0.00000312. The number of aryl methyl sites for hydroxylation is 1. The number of aromatic nitrogens is 5. The third-order valence-corrected chi connectivity index (χ3v) is 3.96. The standard InChI is InChI=1S/C12H17N7O4S.ClH/c1-18-12(22)19-7-14-8(9(19)16-17-18)10(20)15-11(21)23-4-2-5-24-6-3-13;/h7H,2-6,13H2,1H3,(H,15,20,21);1H. The van der Waals surface area contributed by atoms with Crippen molar-refractivity contribution < 1.29 is 14.3 Å². The Morgan fingerprint density at radius 3 is 2.88 bits per heavy atom. The first kappa shape index (κ1) is 20.9. The van der Waals surface area contributed by atoms with Crippen LogP contribution in [-0.4, -0.2) is 61.0 Å². The van der Waals surface area contributed by atoms with Gasteiger partial charge in [0.2, 0.25) is 0 Å². The number of hydrogen-bond acceptors (Lipinski definition) is 9. The van der Waals surface area contributed by atoms with Crippen LogP contribution in [0.2, 0.25) is 0 Å². The highest BCUT2D eigenvalue weighted by Gasteiger charge is 2.19. The molecule has 0 saturated heterocycles. The van der Waals surface area contributed by atoms with E-state index in [2.05, 4.69) is 15.3 Å². The van der Waals surface area contributed by atoms with Crippen molar-refractivity contribution >= 4 is 41.8 Å². The first-order chi connectivity index (χ1) is 11.5. The van der Waals surface area contributed by atoms with Gasteiger partial charge in [-0.1, -0.05) is 5.21 Å². The Kier molecular flexibility index (Phi) is 8.31. The maximum absolute atomic E-state index is 12.0. The molecule has 0 spiro atoms. The Bertz CT molecular complexity index is 793. The third-order valence-electron chi connectivity index (χ3n) is 2.86. The minimum absolute atomic E-state index is 0. The SMILES string of the molecule is Cl.Cn1nnc2c(C(=O)NC(=O)OCCCSCCN)ncn2c1=O. The summed E-state index contributed by atoms with van der Waals surface area (Å²) in [5.41, 5.74) is 4.62. The quantitative estimate of drug-likeness (QED) is 0.578. The van der Waals surface area contributed by atoms with Crippen LogP contribution in [0.25, 0.3) is 5.65 Å². The predicted octanol–water partition coefficient (Wildman–Crippen LogP) is -0.807. The number of alkyl carbamates (subject to hydrolysis) is 1. The lowest BCUT2D eigenvalue weighted by atomic mass is 10.4. The zero-order chi connectivity index (χ0) is 17.5.